The van der Waals surface area contributed by atoms with Crippen LogP contribution in [0.3, 0.4) is 0 Å². The molecule has 1 atom stereocenters. The van der Waals surface area contributed by atoms with E-state index in [1.165, 1.54) is 11.8 Å². The SMILES string of the molecule is Cc1c(F)cc(N2CC(O)CC2=O)cc1F. The number of benzene rings is 1. The van der Waals surface area contributed by atoms with Gasteiger partial charge in [0.2, 0.25) is 5.91 Å². The minimum Gasteiger partial charge on any atom is -0.391 e. The number of carbonyl (C=O) groups is 1. The van der Waals surface area contributed by atoms with Gasteiger partial charge in [0.05, 0.1) is 19.1 Å². The molecule has 0 bridgehead atoms. The van der Waals surface area contributed by atoms with Crippen LogP contribution >= 0.6 is 0 Å². The zero-order valence-corrected chi connectivity index (χ0v) is 8.70. The predicted molar refractivity (Wildman–Crippen MR) is 54.1 cm³/mol. The van der Waals surface area contributed by atoms with Gasteiger partial charge in [-0.2, -0.15) is 0 Å². The second-order valence-corrected chi connectivity index (χ2v) is 3.90. The van der Waals surface area contributed by atoms with Crippen LogP contribution in [-0.4, -0.2) is 23.7 Å². The van der Waals surface area contributed by atoms with E-state index in [1.54, 1.807) is 0 Å². The molecule has 1 aliphatic heterocycles. The van der Waals surface area contributed by atoms with E-state index in [1.807, 2.05) is 0 Å². The van der Waals surface area contributed by atoms with Gasteiger partial charge in [0.25, 0.3) is 0 Å². The van der Waals surface area contributed by atoms with Crippen molar-refractivity contribution < 1.29 is 18.7 Å². The summed E-state index contributed by atoms with van der Waals surface area (Å²) in [5, 5.41) is 9.27. The highest BCUT2D eigenvalue weighted by atomic mass is 19.1. The van der Waals surface area contributed by atoms with Crippen LogP contribution in [0.5, 0.6) is 0 Å². The molecule has 1 aromatic carbocycles. The van der Waals surface area contributed by atoms with Crippen molar-refractivity contribution in [2.24, 2.45) is 0 Å². The molecule has 5 heteroatoms. The standard InChI is InChI=1S/C11H11F2NO2/c1-6-9(12)2-7(3-10(6)13)14-5-8(15)4-11(14)16/h2-3,8,15H,4-5H2,1H3. The molecule has 86 valence electrons. The van der Waals surface area contributed by atoms with Crippen LogP contribution in [0.25, 0.3) is 0 Å². The first kappa shape index (κ1) is 11.0. The number of carbonyl (C=O) groups excluding carboxylic acids is 1. The molecular formula is C11H11F2NO2. The molecule has 0 saturated carbocycles. The average Bonchev–Trinajstić information content (AvgIpc) is 2.53. The predicted octanol–water partition coefficient (Wildman–Crippen LogP) is 1.37. The van der Waals surface area contributed by atoms with Crippen LogP contribution in [0.2, 0.25) is 0 Å². The lowest BCUT2D eigenvalue weighted by molar-refractivity contribution is -0.117. The molecule has 1 heterocycles. The van der Waals surface area contributed by atoms with E-state index in [2.05, 4.69) is 0 Å². The van der Waals surface area contributed by atoms with Crippen molar-refractivity contribution in [2.45, 2.75) is 19.4 Å². The molecule has 16 heavy (non-hydrogen) atoms. The third-order valence-electron chi connectivity index (χ3n) is 2.68. The summed E-state index contributed by atoms with van der Waals surface area (Å²) in [7, 11) is 0. The van der Waals surface area contributed by atoms with Gasteiger partial charge in [-0.15, -0.1) is 0 Å². The lowest BCUT2D eigenvalue weighted by Gasteiger charge is -2.16. The van der Waals surface area contributed by atoms with Gasteiger partial charge < -0.3 is 10.0 Å². The lowest BCUT2D eigenvalue weighted by Crippen LogP contribution is -2.25. The molecule has 1 saturated heterocycles. The summed E-state index contributed by atoms with van der Waals surface area (Å²) in [4.78, 5) is 12.6. The lowest BCUT2D eigenvalue weighted by atomic mass is 10.2. The number of hydrogen-bond acceptors (Lipinski definition) is 2. The highest BCUT2D eigenvalue weighted by Crippen LogP contribution is 2.25. The number of amides is 1. The molecule has 3 nitrogen and oxygen atoms in total. The zero-order valence-electron chi connectivity index (χ0n) is 8.70. The fraction of sp³-hybridized carbons (Fsp3) is 0.364. The number of hydrogen-bond donors (Lipinski definition) is 1. The molecule has 0 spiro atoms. The highest BCUT2D eigenvalue weighted by Gasteiger charge is 2.29. The summed E-state index contributed by atoms with van der Waals surface area (Å²) >= 11 is 0. The van der Waals surface area contributed by atoms with Crippen molar-refractivity contribution in [3.05, 3.63) is 29.3 Å². The third kappa shape index (κ3) is 1.78. The van der Waals surface area contributed by atoms with Gasteiger partial charge in [-0.1, -0.05) is 0 Å². The largest absolute Gasteiger partial charge is 0.391 e. The van der Waals surface area contributed by atoms with Crippen LogP contribution in [0, 0.1) is 18.6 Å². The maximum absolute atomic E-state index is 13.3. The van der Waals surface area contributed by atoms with Crippen molar-refractivity contribution in [2.75, 3.05) is 11.4 Å². The summed E-state index contributed by atoms with van der Waals surface area (Å²) in [6.07, 6.45) is -0.767. The Morgan fingerprint density at radius 2 is 1.94 bits per heavy atom. The summed E-state index contributed by atoms with van der Waals surface area (Å²) in [5.74, 6) is -1.71. The van der Waals surface area contributed by atoms with Gasteiger partial charge in [-0.05, 0) is 19.1 Å². The van der Waals surface area contributed by atoms with Crippen LogP contribution in [-0.2, 0) is 4.79 Å². The monoisotopic (exact) mass is 227 g/mol. The van der Waals surface area contributed by atoms with E-state index in [0.29, 0.717) is 0 Å². The fourth-order valence-corrected chi connectivity index (χ4v) is 1.73. The number of aliphatic hydroxyl groups excluding tert-OH is 1. The van der Waals surface area contributed by atoms with Crippen molar-refractivity contribution in [3.8, 4) is 0 Å². The number of nitrogens with zero attached hydrogens (tertiary/aromatic N) is 1. The molecule has 1 amide bonds. The second kappa shape index (κ2) is 3.83. The molecule has 1 aromatic rings. The van der Waals surface area contributed by atoms with Crippen LogP contribution < -0.4 is 4.90 Å². The van der Waals surface area contributed by atoms with Gasteiger partial charge in [0, 0.05) is 11.3 Å². The minimum atomic E-state index is -0.764. The number of aliphatic hydroxyl groups is 1. The molecule has 1 fully saturated rings. The van der Waals surface area contributed by atoms with Gasteiger partial charge in [0.1, 0.15) is 11.6 Å². The molecule has 2 rings (SSSR count). The smallest absolute Gasteiger partial charge is 0.229 e. The van der Waals surface area contributed by atoms with Crippen LogP contribution in [0.15, 0.2) is 12.1 Å². The van der Waals surface area contributed by atoms with E-state index in [-0.39, 0.29) is 30.1 Å². The number of rotatable bonds is 1. The van der Waals surface area contributed by atoms with Crippen LogP contribution in [0.4, 0.5) is 14.5 Å². The Labute approximate surface area is 91.3 Å². The first-order chi connectivity index (χ1) is 7.49. The van der Waals surface area contributed by atoms with E-state index in [4.69, 9.17) is 0 Å². The van der Waals surface area contributed by atoms with E-state index in [0.717, 1.165) is 12.1 Å². The Hall–Kier alpha value is -1.49. The third-order valence-corrected chi connectivity index (χ3v) is 2.68. The van der Waals surface area contributed by atoms with Gasteiger partial charge in [-0.3, -0.25) is 4.79 Å². The molecule has 1 aliphatic rings. The van der Waals surface area contributed by atoms with E-state index >= 15 is 0 Å². The van der Waals surface area contributed by atoms with Crippen molar-refractivity contribution in [3.63, 3.8) is 0 Å². The minimum absolute atomic E-state index is 0.00286. The Bertz CT molecular complexity index is 425. The quantitative estimate of drug-likeness (QED) is 0.787. The van der Waals surface area contributed by atoms with E-state index in [9.17, 15) is 18.7 Å². The van der Waals surface area contributed by atoms with Crippen molar-refractivity contribution in [1.82, 2.24) is 0 Å². The summed E-state index contributed by atoms with van der Waals surface area (Å²) < 4.78 is 26.6. The molecule has 0 aromatic heterocycles. The summed E-state index contributed by atoms with van der Waals surface area (Å²) in [6, 6.07) is 2.21. The molecular weight excluding hydrogens is 216 g/mol. The second-order valence-electron chi connectivity index (χ2n) is 3.90. The summed E-state index contributed by atoms with van der Waals surface area (Å²) in [5.41, 5.74) is 0.0816. The first-order valence-corrected chi connectivity index (χ1v) is 4.93. The first-order valence-electron chi connectivity index (χ1n) is 4.93. The van der Waals surface area contributed by atoms with E-state index < -0.39 is 17.7 Å². The Morgan fingerprint density at radius 1 is 1.38 bits per heavy atom. The van der Waals surface area contributed by atoms with Gasteiger partial charge >= 0.3 is 0 Å². The van der Waals surface area contributed by atoms with Crippen LogP contribution in [0.1, 0.15) is 12.0 Å². The maximum Gasteiger partial charge on any atom is 0.229 e. The fourth-order valence-electron chi connectivity index (χ4n) is 1.73. The van der Waals surface area contributed by atoms with Gasteiger partial charge in [0.15, 0.2) is 0 Å². The van der Waals surface area contributed by atoms with Crippen molar-refractivity contribution in [1.29, 1.82) is 0 Å². The Morgan fingerprint density at radius 3 is 2.38 bits per heavy atom. The number of halogens is 2. The molecule has 0 aliphatic carbocycles. The Kier molecular flexibility index (Phi) is 2.63. The van der Waals surface area contributed by atoms with Crippen molar-refractivity contribution >= 4 is 11.6 Å². The normalized spacial score (nSPS) is 20.6. The molecule has 0 radical (unpaired) electrons. The zero-order chi connectivity index (χ0) is 11.9. The topological polar surface area (TPSA) is 40.5 Å². The maximum atomic E-state index is 13.3. The molecule has 1 unspecified atom stereocenters. The average molecular weight is 227 g/mol. The highest BCUT2D eigenvalue weighted by molar-refractivity contribution is 5.96. The summed E-state index contributed by atoms with van der Waals surface area (Å²) in [6.45, 7) is 1.41. The molecule has 1 N–H and O–H groups in total. The number of β-amino-alcohol motifs (C(OH)–C–C–N with tert-alkyl or cyclic N) is 1. The number of anilines is 1. The Balaban J connectivity index is 2.38. The van der Waals surface area contributed by atoms with Gasteiger partial charge in [-0.25, -0.2) is 8.78 Å².